The van der Waals surface area contributed by atoms with Crippen LogP contribution in [0.3, 0.4) is 0 Å². The van der Waals surface area contributed by atoms with Crippen molar-refractivity contribution in [2.75, 3.05) is 6.16 Å². The number of rotatable bonds is 7. The van der Waals surface area contributed by atoms with Gasteiger partial charge in [0.05, 0.1) is 0 Å². The Morgan fingerprint density at radius 3 is 1.89 bits per heavy atom. The molecule has 1 unspecified atom stereocenters. The number of benzene rings is 4. The smallest absolute Gasteiger partial charge is 0.303 e. The van der Waals surface area contributed by atoms with Gasteiger partial charge in [-0.05, 0) is 56.6 Å². The number of fused-ring (bicyclic) bond motifs is 6. The Bertz CT molecular complexity index is 1070. The average molecular weight is 374 g/mol. The molecule has 0 amide bonds. The van der Waals surface area contributed by atoms with Gasteiger partial charge < -0.3 is 5.11 Å². The zero-order valence-corrected chi connectivity index (χ0v) is 16.2. The van der Waals surface area contributed by atoms with Gasteiger partial charge in [-0.3, -0.25) is 4.79 Å². The first kappa shape index (κ1) is 17.9. The van der Waals surface area contributed by atoms with Gasteiger partial charge >= 0.3 is 5.97 Å². The SMILES string of the molecule is O=C(O)CCCCCPc1cccc2c3ccccc3c3ccccc3c12. The highest BCUT2D eigenvalue weighted by molar-refractivity contribution is 7.48. The summed E-state index contributed by atoms with van der Waals surface area (Å²) in [4.78, 5) is 10.6. The van der Waals surface area contributed by atoms with E-state index in [9.17, 15) is 4.79 Å². The van der Waals surface area contributed by atoms with Crippen LogP contribution in [0.4, 0.5) is 0 Å². The summed E-state index contributed by atoms with van der Waals surface area (Å²) in [6.45, 7) is 0. The Kier molecular flexibility index (Phi) is 5.36. The Morgan fingerprint density at radius 1 is 0.704 bits per heavy atom. The third kappa shape index (κ3) is 3.68. The Balaban J connectivity index is 1.71. The normalized spacial score (nSPS) is 11.9. The van der Waals surface area contributed by atoms with Crippen molar-refractivity contribution in [2.24, 2.45) is 0 Å². The zero-order chi connectivity index (χ0) is 18.6. The molecule has 0 aliphatic rings. The Morgan fingerprint density at radius 2 is 1.26 bits per heavy atom. The molecule has 0 aromatic heterocycles. The largest absolute Gasteiger partial charge is 0.481 e. The van der Waals surface area contributed by atoms with E-state index < -0.39 is 5.97 Å². The predicted octanol–water partition coefficient (Wildman–Crippen LogP) is 6.10. The molecule has 1 N–H and O–H groups in total. The minimum atomic E-state index is -0.690. The van der Waals surface area contributed by atoms with Crippen molar-refractivity contribution in [1.82, 2.24) is 0 Å². The summed E-state index contributed by atoms with van der Waals surface area (Å²) in [6.07, 6.45) is 4.28. The van der Waals surface area contributed by atoms with E-state index in [1.54, 1.807) is 0 Å². The van der Waals surface area contributed by atoms with E-state index in [4.69, 9.17) is 5.11 Å². The fourth-order valence-corrected chi connectivity index (χ4v) is 5.26. The van der Waals surface area contributed by atoms with Crippen molar-refractivity contribution in [2.45, 2.75) is 25.7 Å². The highest BCUT2D eigenvalue weighted by atomic mass is 31.1. The van der Waals surface area contributed by atoms with Crippen LogP contribution in [0.25, 0.3) is 32.3 Å². The van der Waals surface area contributed by atoms with Crippen molar-refractivity contribution in [3.63, 3.8) is 0 Å². The second kappa shape index (κ2) is 8.06. The summed E-state index contributed by atoms with van der Waals surface area (Å²) in [5.74, 6) is -0.690. The number of hydrogen-bond donors (Lipinski definition) is 1. The summed E-state index contributed by atoms with van der Waals surface area (Å²) < 4.78 is 0. The summed E-state index contributed by atoms with van der Waals surface area (Å²) in [5, 5.41) is 18.2. The van der Waals surface area contributed by atoms with E-state index >= 15 is 0 Å². The summed E-state index contributed by atoms with van der Waals surface area (Å²) in [6, 6.07) is 24.1. The topological polar surface area (TPSA) is 37.3 Å². The van der Waals surface area contributed by atoms with Gasteiger partial charge in [0.1, 0.15) is 0 Å². The third-order valence-corrected chi connectivity index (χ3v) is 6.55. The number of aliphatic carboxylic acids is 1. The summed E-state index contributed by atoms with van der Waals surface area (Å²) in [5.41, 5.74) is 0. The molecule has 0 radical (unpaired) electrons. The van der Waals surface area contributed by atoms with Crippen molar-refractivity contribution >= 4 is 52.2 Å². The quantitative estimate of drug-likeness (QED) is 0.241. The Labute approximate surface area is 161 Å². The molecule has 0 saturated carbocycles. The Hall–Kier alpha value is -2.44. The molecule has 136 valence electrons. The first-order valence-corrected chi connectivity index (χ1v) is 10.7. The molecule has 4 aromatic rings. The molecule has 1 atom stereocenters. The highest BCUT2D eigenvalue weighted by Crippen LogP contribution is 2.35. The first-order chi connectivity index (χ1) is 13.3. The molecule has 0 aliphatic heterocycles. The fraction of sp³-hybridized carbons (Fsp3) is 0.208. The molecule has 4 rings (SSSR count). The molecular formula is C24H23O2P. The summed E-state index contributed by atoms with van der Waals surface area (Å²) >= 11 is 0. The maximum Gasteiger partial charge on any atom is 0.303 e. The minimum absolute atomic E-state index is 0.286. The fourth-order valence-electron chi connectivity index (χ4n) is 3.90. The van der Waals surface area contributed by atoms with Gasteiger partial charge in [-0.25, -0.2) is 0 Å². The summed E-state index contributed by atoms with van der Waals surface area (Å²) in [7, 11) is 0.751. The average Bonchev–Trinajstić information content (AvgIpc) is 2.70. The number of carbonyl (C=O) groups is 1. The van der Waals surface area contributed by atoms with Crippen LogP contribution in [-0.2, 0) is 4.79 Å². The van der Waals surface area contributed by atoms with Crippen molar-refractivity contribution in [1.29, 1.82) is 0 Å². The molecule has 0 spiro atoms. The van der Waals surface area contributed by atoms with Gasteiger partial charge in [0, 0.05) is 6.42 Å². The monoisotopic (exact) mass is 374 g/mol. The van der Waals surface area contributed by atoms with E-state index in [1.807, 2.05) is 0 Å². The predicted molar refractivity (Wildman–Crippen MR) is 118 cm³/mol. The molecule has 3 heteroatoms. The lowest BCUT2D eigenvalue weighted by Gasteiger charge is -2.14. The van der Waals surface area contributed by atoms with Gasteiger partial charge in [0.15, 0.2) is 0 Å². The van der Waals surface area contributed by atoms with Crippen LogP contribution in [0.1, 0.15) is 25.7 Å². The van der Waals surface area contributed by atoms with Gasteiger partial charge in [0.25, 0.3) is 0 Å². The standard InChI is InChI=1S/C24H23O2P/c25-23(26)15-2-1-7-16-27-22-14-8-13-21-19-10-4-3-9-17(19)18-11-5-6-12-20(18)24(21)22/h3-6,8-14,27H,1-2,7,15-16H2,(H,25,26). The first-order valence-electron chi connectivity index (χ1n) is 9.53. The molecule has 0 bridgehead atoms. The lowest BCUT2D eigenvalue weighted by Crippen LogP contribution is -2.00. The van der Waals surface area contributed by atoms with Crippen molar-refractivity contribution in [3.05, 3.63) is 66.7 Å². The maximum atomic E-state index is 10.6. The number of carboxylic acids is 1. The van der Waals surface area contributed by atoms with E-state index in [0.29, 0.717) is 0 Å². The number of hydrogen-bond acceptors (Lipinski definition) is 1. The van der Waals surface area contributed by atoms with Crippen LogP contribution in [0.5, 0.6) is 0 Å². The van der Waals surface area contributed by atoms with Crippen LogP contribution < -0.4 is 5.30 Å². The van der Waals surface area contributed by atoms with E-state index in [1.165, 1.54) is 37.6 Å². The number of carboxylic acid groups (broad SMARTS) is 1. The molecule has 0 saturated heterocycles. The molecule has 4 aromatic carbocycles. The highest BCUT2D eigenvalue weighted by Gasteiger charge is 2.11. The van der Waals surface area contributed by atoms with Crippen LogP contribution in [0.2, 0.25) is 0 Å². The molecular weight excluding hydrogens is 351 g/mol. The zero-order valence-electron chi connectivity index (χ0n) is 15.2. The second-order valence-corrected chi connectivity index (χ2v) is 8.34. The van der Waals surface area contributed by atoms with Crippen LogP contribution in [-0.4, -0.2) is 17.2 Å². The van der Waals surface area contributed by atoms with E-state index in [-0.39, 0.29) is 6.42 Å². The lowest BCUT2D eigenvalue weighted by atomic mass is 9.94. The second-order valence-electron chi connectivity index (χ2n) is 6.95. The molecule has 0 heterocycles. The molecule has 2 nitrogen and oxygen atoms in total. The van der Waals surface area contributed by atoms with Gasteiger partial charge in [0.2, 0.25) is 0 Å². The molecule has 27 heavy (non-hydrogen) atoms. The molecule has 0 aliphatic carbocycles. The van der Waals surface area contributed by atoms with Gasteiger partial charge in [-0.2, -0.15) is 0 Å². The molecule has 0 fully saturated rings. The number of unbranched alkanes of at least 4 members (excludes halogenated alkanes) is 2. The maximum absolute atomic E-state index is 10.6. The van der Waals surface area contributed by atoms with Gasteiger partial charge in [-0.1, -0.05) is 81.7 Å². The van der Waals surface area contributed by atoms with Crippen LogP contribution in [0.15, 0.2) is 66.7 Å². The van der Waals surface area contributed by atoms with E-state index in [0.717, 1.165) is 34.0 Å². The third-order valence-electron chi connectivity index (χ3n) is 5.15. The van der Waals surface area contributed by atoms with Crippen molar-refractivity contribution in [3.8, 4) is 0 Å². The van der Waals surface area contributed by atoms with Gasteiger partial charge in [-0.15, -0.1) is 0 Å². The van der Waals surface area contributed by atoms with Crippen molar-refractivity contribution < 1.29 is 9.90 Å². The minimum Gasteiger partial charge on any atom is -0.481 e. The van der Waals surface area contributed by atoms with Crippen LogP contribution in [0, 0.1) is 0 Å². The van der Waals surface area contributed by atoms with E-state index in [2.05, 4.69) is 66.7 Å². The van der Waals surface area contributed by atoms with Crippen LogP contribution >= 0.6 is 8.58 Å². The lowest BCUT2D eigenvalue weighted by molar-refractivity contribution is -0.137.